The van der Waals surface area contributed by atoms with Crippen molar-refractivity contribution in [1.29, 1.82) is 0 Å². The van der Waals surface area contributed by atoms with Gasteiger partial charge in [-0.05, 0) is 35.9 Å². The number of rotatable bonds is 2. The summed E-state index contributed by atoms with van der Waals surface area (Å²) in [6, 6.07) is 12.0. The average Bonchev–Trinajstić information content (AvgIpc) is 3.12. The number of carbonyl (C=O) groups excluding carboxylic acids is 1. The highest BCUT2D eigenvalue weighted by Crippen LogP contribution is 2.40. The van der Waals surface area contributed by atoms with E-state index in [1.54, 1.807) is 42.5 Å². The highest BCUT2D eigenvalue weighted by Gasteiger charge is 2.34. The SMILES string of the molecule is O=C1C(=Cc2cccc(O)c2)SC(=S)N1c1ccc2c(c1)OCO2. The molecule has 1 fully saturated rings. The van der Waals surface area contributed by atoms with Crippen LogP contribution in [0.25, 0.3) is 6.08 Å². The van der Waals surface area contributed by atoms with Gasteiger partial charge in [0.15, 0.2) is 15.8 Å². The Labute approximate surface area is 147 Å². The van der Waals surface area contributed by atoms with Gasteiger partial charge in [-0.3, -0.25) is 9.69 Å². The molecule has 1 saturated heterocycles. The van der Waals surface area contributed by atoms with E-state index in [-0.39, 0.29) is 18.4 Å². The lowest BCUT2D eigenvalue weighted by molar-refractivity contribution is -0.113. The number of benzene rings is 2. The third kappa shape index (κ3) is 2.61. The predicted molar refractivity (Wildman–Crippen MR) is 96.3 cm³/mol. The van der Waals surface area contributed by atoms with Crippen LogP contribution in [0.1, 0.15) is 5.56 Å². The van der Waals surface area contributed by atoms with Crippen molar-refractivity contribution in [2.24, 2.45) is 0 Å². The molecule has 2 aliphatic rings. The highest BCUT2D eigenvalue weighted by atomic mass is 32.2. The van der Waals surface area contributed by atoms with E-state index in [0.717, 1.165) is 5.56 Å². The number of phenols is 1. The molecule has 0 saturated carbocycles. The predicted octanol–water partition coefficient (Wildman–Crippen LogP) is 3.53. The first-order valence-corrected chi connectivity index (χ1v) is 8.31. The van der Waals surface area contributed by atoms with Crippen molar-refractivity contribution >= 4 is 46.0 Å². The molecular formula is C17H11NO4S2. The molecular weight excluding hydrogens is 346 g/mol. The summed E-state index contributed by atoms with van der Waals surface area (Å²) in [5.41, 5.74) is 1.38. The Balaban J connectivity index is 1.66. The fourth-order valence-corrected chi connectivity index (χ4v) is 3.78. The lowest BCUT2D eigenvalue weighted by Gasteiger charge is -2.14. The first kappa shape index (κ1) is 15.0. The Bertz CT molecular complexity index is 894. The summed E-state index contributed by atoms with van der Waals surface area (Å²) in [6.07, 6.45) is 1.71. The molecule has 0 radical (unpaired) electrons. The summed E-state index contributed by atoms with van der Waals surface area (Å²) in [7, 11) is 0. The molecule has 0 unspecified atom stereocenters. The number of fused-ring (bicyclic) bond motifs is 1. The smallest absolute Gasteiger partial charge is 0.270 e. The molecule has 1 N–H and O–H groups in total. The highest BCUT2D eigenvalue weighted by molar-refractivity contribution is 8.27. The van der Waals surface area contributed by atoms with Crippen LogP contribution in [-0.4, -0.2) is 22.1 Å². The normalized spacial score (nSPS) is 17.8. The zero-order valence-electron chi connectivity index (χ0n) is 12.3. The first-order chi connectivity index (χ1) is 11.6. The van der Waals surface area contributed by atoms with Crippen LogP contribution < -0.4 is 14.4 Å². The number of nitrogens with zero attached hydrogens (tertiary/aromatic N) is 1. The zero-order chi connectivity index (χ0) is 16.7. The summed E-state index contributed by atoms with van der Waals surface area (Å²) in [4.78, 5) is 14.7. The van der Waals surface area contributed by atoms with Crippen molar-refractivity contribution in [1.82, 2.24) is 0 Å². The van der Waals surface area contributed by atoms with Crippen molar-refractivity contribution in [3.8, 4) is 17.2 Å². The molecule has 2 aromatic rings. The number of thiocarbonyl (C=S) groups is 1. The third-order valence-electron chi connectivity index (χ3n) is 3.58. The molecule has 2 aliphatic heterocycles. The summed E-state index contributed by atoms with van der Waals surface area (Å²) >= 11 is 6.58. The molecule has 0 aliphatic carbocycles. The molecule has 2 heterocycles. The monoisotopic (exact) mass is 357 g/mol. The lowest BCUT2D eigenvalue weighted by atomic mass is 10.2. The Hall–Kier alpha value is -2.51. The number of carbonyl (C=O) groups is 1. The van der Waals surface area contributed by atoms with Crippen LogP contribution in [-0.2, 0) is 4.79 Å². The van der Waals surface area contributed by atoms with E-state index in [1.165, 1.54) is 16.7 Å². The largest absolute Gasteiger partial charge is 0.508 e. The third-order valence-corrected chi connectivity index (χ3v) is 4.88. The minimum absolute atomic E-state index is 0.148. The van der Waals surface area contributed by atoms with Crippen LogP contribution in [0.2, 0.25) is 0 Å². The molecule has 0 atom stereocenters. The van der Waals surface area contributed by atoms with Crippen molar-refractivity contribution in [3.05, 3.63) is 52.9 Å². The molecule has 0 aromatic heterocycles. The summed E-state index contributed by atoms with van der Waals surface area (Å²) in [6.45, 7) is 0.175. The average molecular weight is 357 g/mol. The number of aromatic hydroxyl groups is 1. The molecule has 0 spiro atoms. The van der Waals surface area contributed by atoms with Crippen LogP contribution in [0.4, 0.5) is 5.69 Å². The van der Waals surface area contributed by atoms with E-state index in [4.69, 9.17) is 21.7 Å². The topological polar surface area (TPSA) is 59.0 Å². The number of ether oxygens (including phenoxy) is 2. The van der Waals surface area contributed by atoms with Gasteiger partial charge in [0, 0.05) is 6.07 Å². The van der Waals surface area contributed by atoms with Crippen LogP contribution in [0.5, 0.6) is 17.2 Å². The Morgan fingerprint density at radius 2 is 2.00 bits per heavy atom. The van der Waals surface area contributed by atoms with Gasteiger partial charge >= 0.3 is 0 Å². The van der Waals surface area contributed by atoms with Gasteiger partial charge in [0.25, 0.3) is 5.91 Å². The summed E-state index contributed by atoms with van der Waals surface area (Å²) in [5, 5.41) is 9.54. The summed E-state index contributed by atoms with van der Waals surface area (Å²) < 4.78 is 11.1. The molecule has 1 amide bonds. The molecule has 0 bridgehead atoms. The Morgan fingerprint density at radius 1 is 1.17 bits per heavy atom. The maximum absolute atomic E-state index is 12.7. The second-order valence-corrected chi connectivity index (χ2v) is 6.83. The maximum atomic E-state index is 12.7. The number of hydrogen-bond donors (Lipinski definition) is 1. The molecule has 24 heavy (non-hydrogen) atoms. The Morgan fingerprint density at radius 3 is 2.83 bits per heavy atom. The summed E-state index contributed by atoms with van der Waals surface area (Å²) in [5.74, 6) is 1.19. The quantitative estimate of drug-likeness (QED) is 0.655. The molecule has 2 aromatic carbocycles. The zero-order valence-corrected chi connectivity index (χ0v) is 13.9. The van der Waals surface area contributed by atoms with Gasteiger partial charge in [-0.25, -0.2) is 0 Å². The van der Waals surface area contributed by atoms with Crippen LogP contribution >= 0.6 is 24.0 Å². The van der Waals surface area contributed by atoms with Crippen molar-refractivity contribution < 1.29 is 19.4 Å². The molecule has 4 rings (SSSR count). The lowest BCUT2D eigenvalue weighted by Crippen LogP contribution is -2.27. The van der Waals surface area contributed by atoms with Crippen molar-refractivity contribution in [2.45, 2.75) is 0 Å². The van der Waals surface area contributed by atoms with Gasteiger partial charge in [-0.1, -0.05) is 36.1 Å². The number of anilines is 1. The number of hydrogen-bond acceptors (Lipinski definition) is 6. The van der Waals surface area contributed by atoms with Gasteiger partial charge < -0.3 is 14.6 Å². The van der Waals surface area contributed by atoms with Gasteiger partial charge in [0.2, 0.25) is 6.79 Å². The Kier molecular flexibility index (Phi) is 3.66. The van der Waals surface area contributed by atoms with Gasteiger partial charge in [-0.15, -0.1) is 0 Å². The number of amides is 1. The van der Waals surface area contributed by atoms with E-state index >= 15 is 0 Å². The fraction of sp³-hybridized carbons (Fsp3) is 0.0588. The molecule has 7 heteroatoms. The number of phenolic OH excluding ortho intramolecular Hbond substituents is 1. The second kappa shape index (κ2) is 5.85. The maximum Gasteiger partial charge on any atom is 0.270 e. The molecule has 120 valence electrons. The second-order valence-electron chi connectivity index (χ2n) is 5.15. The fourth-order valence-electron chi connectivity index (χ4n) is 2.48. The minimum Gasteiger partial charge on any atom is -0.508 e. The van der Waals surface area contributed by atoms with E-state index < -0.39 is 0 Å². The van der Waals surface area contributed by atoms with Gasteiger partial charge in [-0.2, -0.15) is 0 Å². The van der Waals surface area contributed by atoms with E-state index in [0.29, 0.717) is 26.4 Å². The van der Waals surface area contributed by atoms with E-state index in [2.05, 4.69) is 0 Å². The van der Waals surface area contributed by atoms with Crippen molar-refractivity contribution in [3.63, 3.8) is 0 Å². The van der Waals surface area contributed by atoms with Gasteiger partial charge in [0.05, 0.1) is 10.6 Å². The van der Waals surface area contributed by atoms with Crippen LogP contribution in [0.15, 0.2) is 47.4 Å². The van der Waals surface area contributed by atoms with E-state index in [9.17, 15) is 9.90 Å². The van der Waals surface area contributed by atoms with Crippen molar-refractivity contribution in [2.75, 3.05) is 11.7 Å². The van der Waals surface area contributed by atoms with Gasteiger partial charge in [0.1, 0.15) is 5.75 Å². The minimum atomic E-state index is -0.202. The molecule has 5 nitrogen and oxygen atoms in total. The van der Waals surface area contributed by atoms with E-state index in [1.807, 2.05) is 6.07 Å². The standard InChI is InChI=1S/C17H11NO4S2/c19-12-3-1-2-10(6-12)7-15-16(20)18(17(23)24-15)11-4-5-13-14(8-11)22-9-21-13/h1-8,19H,9H2. The van der Waals surface area contributed by atoms with Crippen LogP contribution in [0, 0.1) is 0 Å². The first-order valence-electron chi connectivity index (χ1n) is 7.08. The number of thioether (sulfide) groups is 1. The van der Waals surface area contributed by atoms with Crippen LogP contribution in [0.3, 0.4) is 0 Å².